The van der Waals surface area contributed by atoms with Crippen molar-refractivity contribution in [2.24, 2.45) is 0 Å². The van der Waals surface area contributed by atoms with Crippen molar-refractivity contribution in [2.75, 3.05) is 17.7 Å². The van der Waals surface area contributed by atoms with E-state index in [9.17, 15) is 0 Å². The van der Waals surface area contributed by atoms with Crippen molar-refractivity contribution in [3.8, 4) is 0 Å². The first kappa shape index (κ1) is 14.2. The van der Waals surface area contributed by atoms with Gasteiger partial charge >= 0.3 is 0 Å². The first-order chi connectivity index (χ1) is 9.19. The lowest BCUT2D eigenvalue weighted by atomic mass is 10.4. The Labute approximate surface area is 124 Å². The van der Waals surface area contributed by atoms with Gasteiger partial charge in [0.2, 0.25) is 0 Å². The molecule has 0 atom stereocenters. The monoisotopic (exact) mass is 342 g/mol. The molecule has 0 saturated heterocycles. The minimum Gasteiger partial charge on any atom is -0.384 e. The number of hydrogen-bond acceptors (Lipinski definition) is 6. The van der Waals surface area contributed by atoms with Crippen molar-refractivity contribution in [3.63, 3.8) is 0 Å². The van der Waals surface area contributed by atoms with Gasteiger partial charge in [-0.15, -0.1) is 11.3 Å². The lowest BCUT2D eigenvalue weighted by Gasteiger charge is -2.08. The smallest absolute Gasteiger partial charge is 0.158 e. The Morgan fingerprint density at radius 3 is 3.00 bits per heavy atom. The van der Waals surface area contributed by atoms with Crippen LogP contribution in [0.3, 0.4) is 0 Å². The zero-order chi connectivity index (χ0) is 13.7. The van der Waals surface area contributed by atoms with E-state index >= 15 is 0 Å². The van der Waals surface area contributed by atoms with Gasteiger partial charge in [0.1, 0.15) is 18.2 Å². The molecule has 0 aromatic carbocycles. The number of nitrogens with two attached hydrogens (primary N) is 1. The molecule has 0 aliphatic rings. The Kier molecular flexibility index (Phi) is 5.12. The fourth-order valence-electron chi connectivity index (χ4n) is 1.49. The third-order valence-electron chi connectivity index (χ3n) is 2.35. The van der Waals surface area contributed by atoms with E-state index in [2.05, 4.69) is 31.2 Å². The van der Waals surface area contributed by atoms with Crippen molar-refractivity contribution >= 4 is 38.9 Å². The molecular weight excluding hydrogens is 328 g/mol. The number of hydrogen-bond donors (Lipinski definition) is 2. The van der Waals surface area contributed by atoms with Crippen LogP contribution in [-0.2, 0) is 17.9 Å². The SMILES string of the molecule is CCOCc1nc(N)cc(NCc2sccc2Br)n1. The third kappa shape index (κ3) is 4.15. The van der Waals surface area contributed by atoms with Crippen molar-refractivity contribution in [3.05, 3.63) is 32.7 Å². The van der Waals surface area contributed by atoms with Gasteiger partial charge in [0, 0.05) is 22.0 Å². The summed E-state index contributed by atoms with van der Waals surface area (Å²) < 4.78 is 6.38. The van der Waals surface area contributed by atoms with E-state index in [0.717, 1.165) is 4.47 Å². The van der Waals surface area contributed by atoms with E-state index < -0.39 is 0 Å². The first-order valence-corrected chi connectivity index (χ1v) is 7.53. The predicted molar refractivity (Wildman–Crippen MR) is 81.1 cm³/mol. The number of ether oxygens (including phenoxy) is 1. The zero-order valence-corrected chi connectivity index (χ0v) is 12.9. The topological polar surface area (TPSA) is 73.1 Å². The highest BCUT2D eigenvalue weighted by atomic mass is 79.9. The van der Waals surface area contributed by atoms with E-state index in [0.29, 0.717) is 37.2 Å². The molecule has 3 N–H and O–H groups in total. The largest absolute Gasteiger partial charge is 0.384 e. The molecule has 0 fully saturated rings. The number of rotatable bonds is 6. The summed E-state index contributed by atoms with van der Waals surface area (Å²) in [5.74, 6) is 1.74. The van der Waals surface area contributed by atoms with Gasteiger partial charge in [0.05, 0.1) is 6.54 Å². The number of thiophene rings is 1. The first-order valence-electron chi connectivity index (χ1n) is 5.86. The second-order valence-corrected chi connectivity index (χ2v) is 5.63. The Bertz CT molecular complexity index is 546. The fraction of sp³-hybridized carbons (Fsp3) is 0.333. The molecule has 0 unspecified atom stereocenters. The van der Waals surface area contributed by atoms with Crippen molar-refractivity contribution < 1.29 is 4.74 Å². The van der Waals surface area contributed by atoms with Gasteiger partial charge in [-0.2, -0.15) is 0 Å². The normalized spacial score (nSPS) is 10.6. The van der Waals surface area contributed by atoms with Crippen LogP contribution >= 0.6 is 27.3 Å². The van der Waals surface area contributed by atoms with Crippen LogP contribution in [0.2, 0.25) is 0 Å². The summed E-state index contributed by atoms with van der Waals surface area (Å²) in [6, 6.07) is 3.74. The molecule has 2 heterocycles. The van der Waals surface area contributed by atoms with Crippen molar-refractivity contribution in [1.82, 2.24) is 9.97 Å². The summed E-state index contributed by atoms with van der Waals surface area (Å²) in [6.45, 7) is 3.63. The van der Waals surface area contributed by atoms with Crippen LogP contribution in [0, 0.1) is 0 Å². The van der Waals surface area contributed by atoms with Gasteiger partial charge in [-0.05, 0) is 34.3 Å². The lowest BCUT2D eigenvalue weighted by Crippen LogP contribution is -2.07. The number of nitrogen functional groups attached to an aromatic ring is 1. The van der Waals surface area contributed by atoms with Crippen LogP contribution in [-0.4, -0.2) is 16.6 Å². The van der Waals surface area contributed by atoms with E-state index in [1.54, 1.807) is 17.4 Å². The van der Waals surface area contributed by atoms with E-state index in [1.807, 2.05) is 18.4 Å². The number of nitrogens with one attached hydrogen (secondary N) is 1. The zero-order valence-electron chi connectivity index (χ0n) is 10.5. The van der Waals surface area contributed by atoms with Crippen LogP contribution in [0.5, 0.6) is 0 Å². The highest BCUT2D eigenvalue weighted by molar-refractivity contribution is 9.10. The molecule has 2 aromatic rings. The van der Waals surface area contributed by atoms with Gasteiger partial charge in [-0.1, -0.05) is 0 Å². The molecule has 0 aliphatic heterocycles. The van der Waals surface area contributed by atoms with Crippen LogP contribution < -0.4 is 11.1 Å². The summed E-state index contributed by atoms with van der Waals surface area (Å²) in [4.78, 5) is 9.70. The molecule has 7 heteroatoms. The van der Waals surface area contributed by atoms with Gasteiger partial charge in [-0.25, -0.2) is 9.97 Å². The summed E-state index contributed by atoms with van der Waals surface area (Å²) in [5.41, 5.74) is 5.76. The number of halogens is 1. The predicted octanol–water partition coefficient (Wildman–Crippen LogP) is 3.03. The van der Waals surface area contributed by atoms with E-state index in [-0.39, 0.29) is 0 Å². The van der Waals surface area contributed by atoms with Crippen LogP contribution in [0.25, 0.3) is 0 Å². The molecule has 0 radical (unpaired) electrons. The Morgan fingerprint density at radius 2 is 2.32 bits per heavy atom. The summed E-state index contributed by atoms with van der Waals surface area (Å²) in [7, 11) is 0. The van der Waals surface area contributed by atoms with Crippen LogP contribution in [0.15, 0.2) is 22.0 Å². The molecule has 102 valence electrons. The van der Waals surface area contributed by atoms with Crippen LogP contribution in [0.4, 0.5) is 11.6 Å². The lowest BCUT2D eigenvalue weighted by molar-refractivity contribution is 0.128. The molecular formula is C12H15BrN4OS. The molecule has 19 heavy (non-hydrogen) atoms. The Morgan fingerprint density at radius 1 is 1.47 bits per heavy atom. The van der Waals surface area contributed by atoms with Gasteiger partial charge in [0.15, 0.2) is 5.82 Å². The molecule has 0 saturated carbocycles. The third-order valence-corrected chi connectivity index (χ3v) is 4.27. The maximum absolute atomic E-state index is 5.76. The Balaban J connectivity index is 2.03. The number of anilines is 2. The average molecular weight is 343 g/mol. The highest BCUT2D eigenvalue weighted by Crippen LogP contribution is 2.23. The van der Waals surface area contributed by atoms with Gasteiger partial charge < -0.3 is 15.8 Å². The summed E-state index contributed by atoms with van der Waals surface area (Å²) in [5, 5.41) is 5.28. The molecule has 0 bridgehead atoms. The minimum atomic E-state index is 0.374. The minimum absolute atomic E-state index is 0.374. The summed E-state index contributed by atoms with van der Waals surface area (Å²) in [6.07, 6.45) is 0. The molecule has 5 nitrogen and oxygen atoms in total. The Hall–Kier alpha value is -1.18. The number of nitrogens with zero attached hydrogens (tertiary/aromatic N) is 2. The highest BCUT2D eigenvalue weighted by Gasteiger charge is 2.05. The standard InChI is InChI=1S/C12H15BrN4OS/c1-2-18-7-12-16-10(14)5-11(17-12)15-6-9-8(13)3-4-19-9/h3-5H,2,6-7H2,1H3,(H3,14,15,16,17). The second-order valence-electron chi connectivity index (χ2n) is 3.78. The van der Waals surface area contributed by atoms with Gasteiger partial charge in [0.25, 0.3) is 0 Å². The molecule has 2 aromatic heterocycles. The second kappa shape index (κ2) is 6.83. The molecule has 0 aliphatic carbocycles. The van der Waals surface area contributed by atoms with Crippen LogP contribution in [0.1, 0.15) is 17.6 Å². The summed E-state index contributed by atoms with van der Waals surface area (Å²) >= 11 is 5.18. The van der Waals surface area contributed by atoms with E-state index in [4.69, 9.17) is 10.5 Å². The average Bonchev–Trinajstić information content (AvgIpc) is 2.79. The van der Waals surface area contributed by atoms with Crippen molar-refractivity contribution in [1.29, 1.82) is 0 Å². The maximum Gasteiger partial charge on any atom is 0.158 e. The van der Waals surface area contributed by atoms with E-state index in [1.165, 1.54) is 4.88 Å². The molecule has 0 spiro atoms. The maximum atomic E-state index is 5.76. The fourth-order valence-corrected chi connectivity index (χ4v) is 2.92. The molecule has 0 amide bonds. The van der Waals surface area contributed by atoms with Crippen molar-refractivity contribution in [2.45, 2.75) is 20.1 Å². The number of aromatic nitrogens is 2. The quantitative estimate of drug-likeness (QED) is 0.843. The van der Waals surface area contributed by atoms with Gasteiger partial charge in [-0.3, -0.25) is 0 Å². The molecule has 2 rings (SSSR count).